The van der Waals surface area contributed by atoms with E-state index >= 15 is 0 Å². The number of nitrogens with two attached hydrogens (primary N) is 1. The van der Waals surface area contributed by atoms with E-state index in [2.05, 4.69) is 66.4 Å². The van der Waals surface area contributed by atoms with Crippen LogP contribution in [0.3, 0.4) is 0 Å². The van der Waals surface area contributed by atoms with Gasteiger partial charge in [0, 0.05) is 19.6 Å². The van der Waals surface area contributed by atoms with Crippen molar-refractivity contribution in [3.05, 3.63) is 95.6 Å². The topological polar surface area (TPSA) is 47.7 Å². The highest BCUT2D eigenvalue weighted by Crippen LogP contribution is 2.30. The molecule has 4 heteroatoms. The first-order chi connectivity index (χ1) is 15.7. The standard InChI is InChI=1S/C28H34N2O2/c1-22-12-14-24(15-13-22)28(23-8-3-2-4-9-23)32-25-16-19-30(20-17-25)18-7-21-31-27-11-6-5-10-26(27)29/h2-6,8-15,25,28H,7,16-21,29H2,1H3. The Morgan fingerprint density at radius 1 is 0.875 bits per heavy atom. The van der Waals surface area contributed by atoms with Crippen LogP contribution in [0.2, 0.25) is 0 Å². The lowest BCUT2D eigenvalue weighted by Gasteiger charge is -2.34. The fourth-order valence-corrected chi connectivity index (χ4v) is 4.26. The third-order valence-corrected chi connectivity index (χ3v) is 6.14. The third kappa shape index (κ3) is 6.12. The van der Waals surface area contributed by atoms with Gasteiger partial charge < -0.3 is 20.1 Å². The summed E-state index contributed by atoms with van der Waals surface area (Å²) in [5, 5.41) is 0. The average Bonchev–Trinajstić information content (AvgIpc) is 2.83. The van der Waals surface area contributed by atoms with Crippen molar-refractivity contribution < 1.29 is 9.47 Å². The molecule has 32 heavy (non-hydrogen) atoms. The van der Waals surface area contributed by atoms with E-state index < -0.39 is 0 Å². The molecule has 1 saturated heterocycles. The van der Waals surface area contributed by atoms with Crippen molar-refractivity contribution in [1.29, 1.82) is 0 Å². The summed E-state index contributed by atoms with van der Waals surface area (Å²) in [4.78, 5) is 2.51. The summed E-state index contributed by atoms with van der Waals surface area (Å²) in [6.45, 7) is 5.98. The number of benzene rings is 3. The number of ether oxygens (including phenoxy) is 2. The van der Waals surface area contributed by atoms with Crippen molar-refractivity contribution in [3.8, 4) is 5.75 Å². The largest absolute Gasteiger partial charge is 0.491 e. The molecule has 1 unspecified atom stereocenters. The van der Waals surface area contributed by atoms with Crippen LogP contribution in [0, 0.1) is 6.92 Å². The Labute approximate surface area is 192 Å². The maximum absolute atomic E-state index is 6.68. The normalized spacial score (nSPS) is 16.0. The summed E-state index contributed by atoms with van der Waals surface area (Å²) in [6.07, 6.45) is 3.37. The Kier molecular flexibility index (Phi) is 7.81. The van der Waals surface area contributed by atoms with Gasteiger partial charge in [0.15, 0.2) is 0 Å². The molecule has 0 radical (unpaired) electrons. The van der Waals surface area contributed by atoms with E-state index in [0.717, 1.165) is 44.6 Å². The molecule has 1 aliphatic heterocycles. The first-order valence-electron chi connectivity index (χ1n) is 11.7. The van der Waals surface area contributed by atoms with Gasteiger partial charge in [0.1, 0.15) is 11.9 Å². The summed E-state index contributed by atoms with van der Waals surface area (Å²) in [7, 11) is 0. The molecule has 0 spiro atoms. The number of anilines is 1. The average molecular weight is 431 g/mol. The van der Waals surface area contributed by atoms with E-state index in [-0.39, 0.29) is 12.2 Å². The van der Waals surface area contributed by atoms with Gasteiger partial charge >= 0.3 is 0 Å². The molecular formula is C28H34N2O2. The van der Waals surface area contributed by atoms with Crippen LogP contribution in [0.15, 0.2) is 78.9 Å². The van der Waals surface area contributed by atoms with Crippen molar-refractivity contribution in [2.45, 2.75) is 38.4 Å². The van der Waals surface area contributed by atoms with Gasteiger partial charge in [-0.05, 0) is 49.4 Å². The zero-order valence-electron chi connectivity index (χ0n) is 19.0. The monoisotopic (exact) mass is 430 g/mol. The predicted octanol–water partition coefficient (Wildman–Crippen LogP) is 5.62. The van der Waals surface area contributed by atoms with Gasteiger partial charge in [-0.1, -0.05) is 72.3 Å². The Morgan fingerprint density at radius 2 is 1.53 bits per heavy atom. The molecule has 0 bridgehead atoms. The van der Waals surface area contributed by atoms with Crippen molar-refractivity contribution in [2.24, 2.45) is 0 Å². The Hall–Kier alpha value is -2.82. The molecule has 4 nitrogen and oxygen atoms in total. The molecule has 0 saturated carbocycles. The first kappa shape index (κ1) is 22.4. The van der Waals surface area contributed by atoms with Crippen molar-refractivity contribution >= 4 is 5.69 Å². The molecule has 0 aliphatic carbocycles. The summed E-state index contributed by atoms with van der Waals surface area (Å²) >= 11 is 0. The van der Waals surface area contributed by atoms with Crippen LogP contribution in [0.1, 0.15) is 42.1 Å². The van der Waals surface area contributed by atoms with Crippen LogP contribution >= 0.6 is 0 Å². The third-order valence-electron chi connectivity index (χ3n) is 6.14. The highest BCUT2D eigenvalue weighted by atomic mass is 16.5. The number of likely N-dealkylation sites (tertiary alicyclic amines) is 1. The number of aryl methyl sites for hydroxylation is 1. The summed E-state index contributed by atoms with van der Waals surface area (Å²) in [5.74, 6) is 0.780. The Balaban J connectivity index is 1.26. The number of para-hydroxylation sites is 2. The molecule has 1 fully saturated rings. The summed E-state index contributed by atoms with van der Waals surface area (Å²) in [6, 6.07) is 27.0. The van der Waals surface area contributed by atoms with Gasteiger partial charge in [-0.25, -0.2) is 0 Å². The minimum Gasteiger partial charge on any atom is -0.491 e. The number of hydrogen-bond acceptors (Lipinski definition) is 4. The van der Waals surface area contributed by atoms with Gasteiger partial charge in [0.2, 0.25) is 0 Å². The van der Waals surface area contributed by atoms with Crippen LogP contribution < -0.4 is 10.5 Å². The number of hydrogen-bond donors (Lipinski definition) is 1. The molecule has 4 rings (SSSR count). The van der Waals surface area contributed by atoms with Crippen LogP contribution in [0.25, 0.3) is 0 Å². The lowest BCUT2D eigenvalue weighted by atomic mass is 9.99. The molecule has 3 aromatic carbocycles. The van der Waals surface area contributed by atoms with E-state index in [4.69, 9.17) is 15.2 Å². The molecular weight excluding hydrogens is 396 g/mol. The molecule has 0 amide bonds. The van der Waals surface area contributed by atoms with Crippen LogP contribution in [0.5, 0.6) is 5.75 Å². The Morgan fingerprint density at radius 3 is 2.25 bits per heavy atom. The molecule has 2 N–H and O–H groups in total. The Bertz CT molecular complexity index is 951. The second kappa shape index (κ2) is 11.2. The second-order valence-electron chi connectivity index (χ2n) is 8.62. The lowest BCUT2D eigenvalue weighted by Crippen LogP contribution is -2.38. The zero-order chi connectivity index (χ0) is 22.2. The van der Waals surface area contributed by atoms with Gasteiger partial charge in [0.25, 0.3) is 0 Å². The maximum Gasteiger partial charge on any atom is 0.142 e. The minimum absolute atomic E-state index is 0.0157. The highest BCUT2D eigenvalue weighted by Gasteiger charge is 2.24. The van der Waals surface area contributed by atoms with Crippen LogP contribution in [-0.2, 0) is 4.74 Å². The highest BCUT2D eigenvalue weighted by molar-refractivity contribution is 5.51. The van der Waals surface area contributed by atoms with Gasteiger partial charge in [-0.3, -0.25) is 0 Å². The quantitative estimate of drug-likeness (QED) is 0.354. The van der Waals surface area contributed by atoms with Gasteiger partial charge in [0.05, 0.1) is 18.4 Å². The number of nitrogens with zero attached hydrogens (tertiary/aromatic N) is 1. The van der Waals surface area contributed by atoms with Gasteiger partial charge in [-0.2, -0.15) is 0 Å². The fraction of sp³-hybridized carbons (Fsp3) is 0.357. The van der Waals surface area contributed by atoms with E-state index in [1.807, 2.05) is 24.3 Å². The maximum atomic E-state index is 6.68. The van der Waals surface area contributed by atoms with E-state index in [9.17, 15) is 0 Å². The first-order valence-corrected chi connectivity index (χ1v) is 11.7. The molecule has 3 aromatic rings. The molecule has 1 aliphatic rings. The van der Waals surface area contributed by atoms with E-state index in [1.165, 1.54) is 16.7 Å². The van der Waals surface area contributed by atoms with Crippen molar-refractivity contribution in [2.75, 3.05) is 32.0 Å². The molecule has 168 valence electrons. The molecule has 1 atom stereocenters. The minimum atomic E-state index is -0.0157. The van der Waals surface area contributed by atoms with Crippen LogP contribution in [0.4, 0.5) is 5.69 Å². The van der Waals surface area contributed by atoms with E-state index in [0.29, 0.717) is 12.3 Å². The van der Waals surface area contributed by atoms with E-state index in [1.54, 1.807) is 0 Å². The zero-order valence-corrected chi connectivity index (χ0v) is 19.0. The molecule has 0 aromatic heterocycles. The predicted molar refractivity (Wildman–Crippen MR) is 131 cm³/mol. The second-order valence-corrected chi connectivity index (χ2v) is 8.62. The summed E-state index contributed by atoms with van der Waals surface area (Å²) < 4.78 is 12.5. The van der Waals surface area contributed by atoms with Gasteiger partial charge in [-0.15, -0.1) is 0 Å². The molecule has 1 heterocycles. The fourth-order valence-electron chi connectivity index (χ4n) is 4.26. The number of piperidine rings is 1. The van der Waals surface area contributed by atoms with Crippen molar-refractivity contribution in [1.82, 2.24) is 4.90 Å². The smallest absolute Gasteiger partial charge is 0.142 e. The number of rotatable bonds is 9. The van der Waals surface area contributed by atoms with Crippen molar-refractivity contribution in [3.63, 3.8) is 0 Å². The summed E-state index contributed by atoms with van der Waals surface area (Å²) in [5.41, 5.74) is 10.4. The van der Waals surface area contributed by atoms with Crippen LogP contribution in [-0.4, -0.2) is 37.2 Å². The number of nitrogen functional groups attached to an aromatic ring is 1. The lowest BCUT2D eigenvalue weighted by molar-refractivity contribution is -0.0273. The SMILES string of the molecule is Cc1ccc(C(OC2CCN(CCCOc3ccccc3N)CC2)c2ccccc2)cc1.